The van der Waals surface area contributed by atoms with Crippen LogP contribution in [0.2, 0.25) is 0 Å². The lowest BCUT2D eigenvalue weighted by Crippen LogP contribution is -2.31. The number of hydrogen-bond donors (Lipinski definition) is 2. The Morgan fingerprint density at radius 2 is 0.838 bits per heavy atom. The molecule has 0 radical (unpaired) electrons. The predicted octanol–water partition coefficient (Wildman–Crippen LogP) is 10.1. The second-order valence-corrected chi connectivity index (χ2v) is 11.8. The van der Waals surface area contributed by atoms with Crippen LogP contribution in [0.5, 0.6) is 0 Å². The molecule has 0 aliphatic rings. The number of hydrogen-bond acceptors (Lipinski definition) is 2. The lowest BCUT2D eigenvalue weighted by molar-refractivity contribution is -0.0520. The van der Waals surface area contributed by atoms with Gasteiger partial charge in [0.05, 0.1) is 12.2 Å². The summed E-state index contributed by atoms with van der Waals surface area (Å²) >= 11 is 0. The zero-order valence-corrected chi connectivity index (χ0v) is 24.5. The molecule has 2 atom stereocenters. The molecule has 208 valence electrons. The van der Waals surface area contributed by atoms with E-state index < -0.39 is 17.6 Å². The minimum atomic E-state index is -0.727. The van der Waals surface area contributed by atoms with Crippen molar-refractivity contribution in [1.82, 2.24) is 0 Å². The van der Waals surface area contributed by atoms with Crippen LogP contribution >= 0.6 is 0 Å². The molecule has 0 heterocycles. The van der Waals surface area contributed by atoms with E-state index in [0.29, 0.717) is 0 Å². The van der Waals surface area contributed by atoms with E-state index in [4.69, 9.17) is 0 Å². The van der Waals surface area contributed by atoms with E-state index in [-0.39, 0.29) is 0 Å². The summed E-state index contributed by atoms with van der Waals surface area (Å²) in [6.07, 6.45) is 18.5. The topological polar surface area (TPSA) is 40.5 Å². The summed E-state index contributed by atoms with van der Waals surface area (Å²) in [4.78, 5) is 0. The molecule has 0 fully saturated rings. The van der Waals surface area contributed by atoms with E-state index >= 15 is 0 Å². The van der Waals surface area contributed by atoms with Gasteiger partial charge < -0.3 is 10.2 Å². The molecule has 0 amide bonds. The predicted molar refractivity (Wildman–Crippen MR) is 160 cm³/mol. The standard InChI is InChI=1S/C35H56O2/c1-5-7-9-11-13-15-17-23-29-25-19-21-27-31(29)33(36)35(3,4)34(37)32-28-22-20-26-30(32)24-18-16-14-12-10-8-6-2/h19-22,25-28,33-34,36-37H,5-18,23-24H2,1-4H3. The molecule has 0 saturated carbocycles. The molecule has 2 N–H and O–H groups in total. The number of benzene rings is 2. The van der Waals surface area contributed by atoms with Gasteiger partial charge in [0.25, 0.3) is 0 Å². The van der Waals surface area contributed by atoms with Crippen molar-refractivity contribution in [2.24, 2.45) is 5.41 Å². The van der Waals surface area contributed by atoms with Gasteiger partial charge in [-0.2, -0.15) is 0 Å². The maximum absolute atomic E-state index is 11.6. The van der Waals surface area contributed by atoms with Gasteiger partial charge in [-0.3, -0.25) is 0 Å². The van der Waals surface area contributed by atoms with Crippen LogP contribution in [-0.2, 0) is 12.8 Å². The first-order chi connectivity index (χ1) is 17.9. The van der Waals surface area contributed by atoms with E-state index in [1.807, 2.05) is 26.0 Å². The Bertz CT molecular complexity index is 786. The molecule has 0 aliphatic heterocycles. The van der Waals surface area contributed by atoms with Crippen molar-refractivity contribution in [3.8, 4) is 0 Å². The lowest BCUT2D eigenvalue weighted by Gasteiger charge is -2.37. The van der Waals surface area contributed by atoms with Crippen LogP contribution in [0, 0.1) is 5.41 Å². The quantitative estimate of drug-likeness (QED) is 0.175. The highest BCUT2D eigenvalue weighted by Gasteiger charge is 2.38. The summed E-state index contributed by atoms with van der Waals surface area (Å²) in [7, 11) is 0. The maximum atomic E-state index is 11.6. The van der Waals surface area contributed by atoms with Crippen LogP contribution in [0.25, 0.3) is 0 Å². The average Bonchev–Trinajstić information content (AvgIpc) is 2.91. The highest BCUT2D eigenvalue weighted by molar-refractivity contribution is 5.34. The van der Waals surface area contributed by atoms with E-state index in [1.54, 1.807) is 0 Å². The number of aliphatic hydroxyl groups excluding tert-OH is 2. The lowest BCUT2D eigenvalue weighted by atomic mass is 9.73. The maximum Gasteiger partial charge on any atom is 0.0871 e. The Balaban J connectivity index is 2.01. The van der Waals surface area contributed by atoms with E-state index in [0.717, 1.165) is 36.8 Å². The Kier molecular flexibility index (Phi) is 15.2. The van der Waals surface area contributed by atoms with E-state index in [1.165, 1.54) is 88.2 Å². The summed E-state index contributed by atoms with van der Waals surface area (Å²) in [5, 5.41) is 23.2. The molecule has 0 aromatic heterocycles. The van der Waals surface area contributed by atoms with Gasteiger partial charge >= 0.3 is 0 Å². The van der Waals surface area contributed by atoms with Crippen LogP contribution in [0.15, 0.2) is 48.5 Å². The van der Waals surface area contributed by atoms with Gasteiger partial charge in [0.15, 0.2) is 0 Å². The Hall–Kier alpha value is -1.64. The van der Waals surface area contributed by atoms with Gasteiger partial charge in [-0.15, -0.1) is 0 Å². The highest BCUT2D eigenvalue weighted by Crippen LogP contribution is 2.45. The monoisotopic (exact) mass is 508 g/mol. The normalized spacial score (nSPS) is 13.6. The third kappa shape index (κ3) is 10.6. The molecule has 2 rings (SSSR count). The van der Waals surface area contributed by atoms with E-state index in [2.05, 4.69) is 50.2 Å². The molecule has 2 aromatic rings. The smallest absolute Gasteiger partial charge is 0.0871 e. The second-order valence-electron chi connectivity index (χ2n) is 11.8. The first-order valence-corrected chi connectivity index (χ1v) is 15.4. The zero-order valence-electron chi connectivity index (χ0n) is 24.5. The first-order valence-electron chi connectivity index (χ1n) is 15.4. The molecule has 2 heteroatoms. The molecular formula is C35H56O2. The largest absolute Gasteiger partial charge is 0.388 e. The molecule has 0 bridgehead atoms. The third-order valence-corrected chi connectivity index (χ3v) is 8.21. The summed E-state index contributed by atoms with van der Waals surface area (Å²) in [5.74, 6) is 0. The molecule has 2 nitrogen and oxygen atoms in total. The van der Waals surface area contributed by atoms with Crippen LogP contribution in [0.4, 0.5) is 0 Å². The number of aliphatic hydroxyl groups is 2. The van der Waals surface area contributed by atoms with Crippen molar-refractivity contribution in [2.75, 3.05) is 0 Å². The first kappa shape index (κ1) is 31.6. The fraction of sp³-hybridized carbons (Fsp3) is 0.657. The van der Waals surface area contributed by atoms with Gasteiger partial charge in [0.1, 0.15) is 0 Å². The molecule has 0 spiro atoms. The van der Waals surface area contributed by atoms with Crippen LogP contribution in [0.1, 0.15) is 152 Å². The Morgan fingerprint density at radius 1 is 0.514 bits per heavy atom. The van der Waals surface area contributed by atoms with E-state index in [9.17, 15) is 10.2 Å². The van der Waals surface area contributed by atoms with Crippen molar-refractivity contribution in [2.45, 2.75) is 143 Å². The molecular weight excluding hydrogens is 452 g/mol. The SMILES string of the molecule is CCCCCCCCCc1ccccc1C(O)C(C)(C)C(O)c1ccccc1CCCCCCCCC. The van der Waals surface area contributed by atoms with Gasteiger partial charge in [0, 0.05) is 5.41 Å². The highest BCUT2D eigenvalue weighted by atomic mass is 16.3. The minimum Gasteiger partial charge on any atom is -0.388 e. The number of rotatable bonds is 20. The molecule has 37 heavy (non-hydrogen) atoms. The summed E-state index contributed by atoms with van der Waals surface area (Å²) in [5.41, 5.74) is 3.69. The Labute approximate surface area is 228 Å². The van der Waals surface area contributed by atoms with Crippen LogP contribution in [-0.4, -0.2) is 10.2 Å². The summed E-state index contributed by atoms with van der Waals surface area (Å²) in [6, 6.07) is 16.6. The number of aryl methyl sites for hydroxylation is 2. The van der Waals surface area contributed by atoms with Crippen molar-refractivity contribution in [3.05, 3.63) is 70.8 Å². The molecule has 2 aromatic carbocycles. The molecule has 2 unspecified atom stereocenters. The van der Waals surface area contributed by atoms with Crippen LogP contribution in [0.3, 0.4) is 0 Å². The van der Waals surface area contributed by atoms with Crippen molar-refractivity contribution < 1.29 is 10.2 Å². The van der Waals surface area contributed by atoms with Crippen molar-refractivity contribution in [1.29, 1.82) is 0 Å². The zero-order chi connectivity index (χ0) is 26.9. The van der Waals surface area contributed by atoms with Gasteiger partial charge in [-0.05, 0) is 47.9 Å². The van der Waals surface area contributed by atoms with Crippen LogP contribution < -0.4 is 0 Å². The average molecular weight is 509 g/mol. The third-order valence-electron chi connectivity index (χ3n) is 8.21. The van der Waals surface area contributed by atoms with Gasteiger partial charge in [-0.1, -0.05) is 153 Å². The summed E-state index contributed by atoms with van der Waals surface area (Å²) < 4.78 is 0. The fourth-order valence-electron chi connectivity index (χ4n) is 5.55. The molecule has 0 aliphatic carbocycles. The van der Waals surface area contributed by atoms with Gasteiger partial charge in [0.2, 0.25) is 0 Å². The van der Waals surface area contributed by atoms with Crippen molar-refractivity contribution in [3.63, 3.8) is 0 Å². The van der Waals surface area contributed by atoms with Crippen molar-refractivity contribution >= 4 is 0 Å². The minimum absolute atomic E-state index is 0.702. The number of unbranched alkanes of at least 4 members (excludes halogenated alkanes) is 12. The Morgan fingerprint density at radius 3 is 1.22 bits per heavy atom. The van der Waals surface area contributed by atoms with Gasteiger partial charge in [-0.25, -0.2) is 0 Å². The second kappa shape index (κ2) is 17.8. The summed E-state index contributed by atoms with van der Waals surface area (Å²) in [6.45, 7) is 8.54. The fourth-order valence-corrected chi connectivity index (χ4v) is 5.55. The molecule has 0 saturated heterocycles.